The van der Waals surface area contributed by atoms with E-state index in [9.17, 15) is 0 Å². The van der Waals surface area contributed by atoms with E-state index < -0.39 is 4.30 Å². The molecule has 0 aromatic heterocycles. The summed E-state index contributed by atoms with van der Waals surface area (Å²) in [6.07, 6.45) is 0. The minimum absolute atomic E-state index is 0. The van der Waals surface area contributed by atoms with Crippen molar-refractivity contribution in [3.63, 3.8) is 0 Å². The van der Waals surface area contributed by atoms with Gasteiger partial charge in [-0.05, 0) is 0 Å². The monoisotopic (exact) mass is 170 g/mol. The van der Waals surface area contributed by atoms with Gasteiger partial charge in [-0.1, -0.05) is 34.8 Å². The second-order valence-electron chi connectivity index (χ2n) is 0.247. The molecule has 0 saturated heterocycles. The van der Waals surface area contributed by atoms with Crippen molar-refractivity contribution in [2.24, 2.45) is 0 Å². The van der Waals surface area contributed by atoms with Crippen LogP contribution in [0.3, 0.4) is 0 Å². The van der Waals surface area contributed by atoms with E-state index in [0.29, 0.717) is 0 Å². The summed E-state index contributed by atoms with van der Waals surface area (Å²) in [5.74, 6) is 0. The van der Waals surface area contributed by atoms with E-state index in [1.165, 1.54) is 0 Å². The van der Waals surface area contributed by atoms with Crippen molar-refractivity contribution < 1.29 is 17.4 Å². The molecule has 0 rings (SSSR count). The van der Waals surface area contributed by atoms with E-state index >= 15 is 0 Å². The molecule has 0 aliphatic rings. The fourth-order valence-corrected chi connectivity index (χ4v) is 0. The first kappa shape index (κ1) is 9.64. The van der Waals surface area contributed by atoms with Gasteiger partial charge >= 0.3 is 0 Å². The van der Waals surface area contributed by atoms with E-state index in [0.717, 1.165) is 0 Å². The zero-order chi connectivity index (χ0) is 3.58. The van der Waals surface area contributed by atoms with Crippen LogP contribution in [0.25, 0.3) is 0 Å². The summed E-state index contributed by atoms with van der Waals surface area (Å²) in [5.41, 5.74) is 0. The van der Waals surface area contributed by atoms with Crippen molar-refractivity contribution in [1.29, 1.82) is 0 Å². The molecule has 0 aliphatic carbocycles. The largest absolute Gasteiger partial charge is 0.180 e. The Morgan fingerprint density at radius 3 is 1.00 bits per heavy atom. The zero-order valence-electron chi connectivity index (χ0n) is 2.12. The van der Waals surface area contributed by atoms with Crippen molar-refractivity contribution in [1.82, 2.24) is 0 Å². The van der Waals surface area contributed by atoms with E-state index in [1.807, 2.05) is 0 Å². The summed E-state index contributed by atoms with van der Waals surface area (Å²) < 4.78 is -0.750. The maximum absolute atomic E-state index is 4.81. The minimum Gasteiger partial charge on any atom is -0.0874 e. The molecule has 0 aromatic rings. The SMILES string of the molecule is ClC(Cl)Cl.[Cr]. The molecule has 0 fully saturated rings. The Labute approximate surface area is 56.5 Å². The molecule has 4 heteroatoms. The van der Waals surface area contributed by atoms with Crippen LogP contribution in [0.1, 0.15) is 0 Å². The molecule has 0 aromatic carbocycles. The Balaban J connectivity index is 0. The summed E-state index contributed by atoms with van der Waals surface area (Å²) in [6.45, 7) is 0. The molecule has 0 N–H and O–H groups in total. The van der Waals surface area contributed by atoms with Crippen LogP contribution in [-0.4, -0.2) is 4.30 Å². The molecule has 0 spiro atoms. The third kappa shape index (κ3) is 31.8. The Kier molecular flexibility index (Phi) is 10.4. The number of hydrogen-bond donors (Lipinski definition) is 0. The van der Waals surface area contributed by atoms with Crippen LogP contribution in [0.2, 0.25) is 0 Å². The van der Waals surface area contributed by atoms with E-state index in [1.54, 1.807) is 0 Å². The second kappa shape index (κ2) is 5.40. The van der Waals surface area contributed by atoms with Crippen LogP contribution < -0.4 is 0 Å². The molecule has 0 amide bonds. The second-order valence-corrected chi connectivity index (χ2v) is 2.23. The smallest absolute Gasteiger partial charge is 0.0874 e. The summed E-state index contributed by atoms with van der Waals surface area (Å²) in [5, 5.41) is 0. The van der Waals surface area contributed by atoms with Crippen LogP contribution in [0.5, 0.6) is 0 Å². The molecular weight excluding hydrogens is 170 g/mol. The summed E-state index contributed by atoms with van der Waals surface area (Å²) in [7, 11) is 0. The topological polar surface area (TPSA) is 0 Å². The molecule has 0 saturated carbocycles. The van der Waals surface area contributed by atoms with Crippen molar-refractivity contribution in [2.45, 2.75) is 4.30 Å². The summed E-state index contributed by atoms with van der Waals surface area (Å²) in [4.78, 5) is 0. The van der Waals surface area contributed by atoms with Crippen LogP contribution in [0, 0.1) is 0 Å². The van der Waals surface area contributed by atoms with Gasteiger partial charge in [0.05, 0.1) is 0 Å². The average molecular weight is 171 g/mol. The predicted octanol–water partition coefficient (Wildman–Crippen LogP) is 1.98. The van der Waals surface area contributed by atoms with Crippen molar-refractivity contribution >= 4 is 34.8 Å². The molecule has 0 nitrogen and oxygen atoms in total. The predicted molar refractivity (Wildman–Crippen MR) is 21.3 cm³/mol. The van der Waals surface area contributed by atoms with Crippen LogP contribution >= 0.6 is 34.8 Å². The molecule has 0 heterocycles. The number of alkyl halides is 3. The van der Waals surface area contributed by atoms with Gasteiger partial charge in [-0.15, -0.1) is 0 Å². The average Bonchev–Trinajstić information content (AvgIpc) is 0.811. The van der Waals surface area contributed by atoms with Gasteiger partial charge in [-0.2, -0.15) is 0 Å². The van der Waals surface area contributed by atoms with E-state index in [2.05, 4.69) is 0 Å². The maximum atomic E-state index is 4.81. The fourth-order valence-electron chi connectivity index (χ4n) is 0. The van der Waals surface area contributed by atoms with Gasteiger partial charge < -0.3 is 0 Å². The number of rotatable bonds is 0. The maximum Gasteiger partial charge on any atom is 0.180 e. The molecule has 0 radical (unpaired) electrons. The van der Waals surface area contributed by atoms with Gasteiger partial charge in [-0.3, -0.25) is 0 Å². The molecule has 5 heavy (non-hydrogen) atoms. The molecule has 0 aliphatic heterocycles. The van der Waals surface area contributed by atoms with Crippen molar-refractivity contribution in [3.8, 4) is 0 Å². The molecule has 0 atom stereocenters. The first-order valence-electron chi connectivity index (χ1n) is 0.655. The Morgan fingerprint density at radius 1 is 1.00 bits per heavy atom. The van der Waals surface area contributed by atoms with Crippen molar-refractivity contribution in [2.75, 3.05) is 0 Å². The van der Waals surface area contributed by atoms with E-state index in [4.69, 9.17) is 34.8 Å². The third-order valence-electron chi connectivity index (χ3n) is 0. The van der Waals surface area contributed by atoms with Crippen LogP contribution in [0.15, 0.2) is 0 Å². The molecule has 32 valence electrons. The Hall–Kier alpha value is 1.40. The summed E-state index contributed by atoms with van der Waals surface area (Å²) in [6, 6.07) is 0. The first-order chi connectivity index (χ1) is 1.73. The quantitative estimate of drug-likeness (QED) is 0.489. The van der Waals surface area contributed by atoms with Crippen LogP contribution in [0.4, 0.5) is 0 Å². The number of hydrogen-bond acceptors (Lipinski definition) is 0. The summed E-state index contributed by atoms with van der Waals surface area (Å²) >= 11 is 14.4. The van der Waals surface area contributed by atoms with Gasteiger partial charge in [0.15, 0.2) is 4.30 Å². The first-order valence-corrected chi connectivity index (χ1v) is 1.96. The van der Waals surface area contributed by atoms with Crippen LogP contribution in [-0.2, 0) is 17.4 Å². The normalized spacial score (nSPS) is 7.20. The Morgan fingerprint density at radius 2 is 1.00 bits per heavy atom. The fraction of sp³-hybridized carbons (Fsp3) is 1.00. The number of halogens is 3. The van der Waals surface area contributed by atoms with Gasteiger partial charge in [-0.25, -0.2) is 0 Å². The van der Waals surface area contributed by atoms with E-state index in [-0.39, 0.29) is 17.4 Å². The van der Waals surface area contributed by atoms with Gasteiger partial charge in [0, 0.05) is 17.4 Å². The zero-order valence-corrected chi connectivity index (χ0v) is 5.66. The van der Waals surface area contributed by atoms with Gasteiger partial charge in [0.2, 0.25) is 0 Å². The Bertz CT molecular complexity index is 11.6. The molecule has 0 unspecified atom stereocenters. The molecule has 0 bridgehead atoms. The van der Waals surface area contributed by atoms with Gasteiger partial charge in [0.1, 0.15) is 0 Å². The van der Waals surface area contributed by atoms with Crippen molar-refractivity contribution in [3.05, 3.63) is 0 Å². The standard InChI is InChI=1S/CHCl3.Cr/c2-1(3)4;/h1H;. The third-order valence-corrected chi connectivity index (χ3v) is 0. The minimum atomic E-state index is -0.750. The van der Waals surface area contributed by atoms with Gasteiger partial charge in [0.25, 0.3) is 0 Å². The molecular formula is CHCl3Cr.